The topological polar surface area (TPSA) is 72.2 Å². The maximum atomic E-state index is 13.3. The van der Waals surface area contributed by atoms with E-state index in [4.69, 9.17) is 0 Å². The van der Waals surface area contributed by atoms with E-state index in [1.807, 2.05) is 19.1 Å². The fraction of sp³-hybridized carbons (Fsp3) is 0.174. The second-order valence-corrected chi connectivity index (χ2v) is 8.40. The molecule has 1 N–H and O–H groups in total. The van der Waals surface area contributed by atoms with Gasteiger partial charge in [0.05, 0.1) is 23.8 Å². The summed E-state index contributed by atoms with van der Waals surface area (Å²) in [6.07, 6.45) is 1.54. The van der Waals surface area contributed by atoms with Crippen LogP contribution < -0.4 is 5.56 Å². The molecule has 0 aliphatic heterocycles. The average Bonchev–Trinajstić information content (AvgIpc) is 3.03. The number of carboxylic acid groups (broad SMARTS) is 1. The molecular weight excluding hydrogens is 384 g/mol. The first-order valence-corrected chi connectivity index (χ1v) is 10.0. The molecule has 0 bridgehead atoms. The summed E-state index contributed by atoms with van der Waals surface area (Å²) in [5, 5.41) is 9.82. The van der Waals surface area contributed by atoms with Crippen molar-refractivity contribution in [3.8, 4) is 11.1 Å². The van der Waals surface area contributed by atoms with Gasteiger partial charge in [-0.2, -0.15) is 0 Å². The quantitative estimate of drug-likeness (QED) is 0.530. The first-order valence-electron chi connectivity index (χ1n) is 9.23. The van der Waals surface area contributed by atoms with E-state index in [0.717, 1.165) is 26.4 Å². The lowest BCUT2D eigenvalue weighted by Gasteiger charge is -2.09. The summed E-state index contributed by atoms with van der Waals surface area (Å²) in [5.41, 5.74) is 5.16. The van der Waals surface area contributed by atoms with Gasteiger partial charge in [0, 0.05) is 10.4 Å². The number of rotatable bonds is 4. The minimum Gasteiger partial charge on any atom is -0.478 e. The molecule has 4 aromatic rings. The second kappa shape index (κ2) is 7.29. The van der Waals surface area contributed by atoms with Crippen LogP contribution in [0, 0.1) is 20.8 Å². The van der Waals surface area contributed by atoms with Gasteiger partial charge in [-0.3, -0.25) is 9.36 Å². The Morgan fingerprint density at radius 3 is 2.62 bits per heavy atom. The van der Waals surface area contributed by atoms with Crippen molar-refractivity contribution in [1.82, 2.24) is 9.55 Å². The number of carbonyl (C=O) groups is 1. The smallest absolute Gasteiger partial charge is 0.335 e. The summed E-state index contributed by atoms with van der Waals surface area (Å²) in [6.45, 7) is 6.41. The highest BCUT2D eigenvalue weighted by molar-refractivity contribution is 7.19. The van der Waals surface area contributed by atoms with Gasteiger partial charge in [-0.1, -0.05) is 30.3 Å². The highest BCUT2D eigenvalue weighted by Crippen LogP contribution is 2.36. The van der Waals surface area contributed by atoms with Crippen LogP contribution in [-0.2, 0) is 6.54 Å². The molecular formula is C23H20N2O3S. The van der Waals surface area contributed by atoms with Gasteiger partial charge in [-0.15, -0.1) is 11.3 Å². The summed E-state index contributed by atoms with van der Waals surface area (Å²) in [7, 11) is 0. The molecule has 0 aliphatic rings. The van der Waals surface area contributed by atoms with Crippen molar-refractivity contribution < 1.29 is 9.90 Å². The number of benzene rings is 2. The van der Waals surface area contributed by atoms with Crippen molar-refractivity contribution in [3.63, 3.8) is 0 Å². The van der Waals surface area contributed by atoms with Gasteiger partial charge in [-0.05, 0) is 55.2 Å². The molecule has 0 unspecified atom stereocenters. The maximum absolute atomic E-state index is 13.3. The molecule has 2 aromatic heterocycles. The summed E-state index contributed by atoms with van der Waals surface area (Å²) in [6, 6.07) is 12.8. The van der Waals surface area contributed by atoms with Gasteiger partial charge in [0.25, 0.3) is 5.56 Å². The van der Waals surface area contributed by atoms with Crippen molar-refractivity contribution in [2.75, 3.05) is 0 Å². The average molecular weight is 404 g/mol. The molecule has 0 saturated heterocycles. The predicted molar refractivity (Wildman–Crippen MR) is 116 cm³/mol. The Morgan fingerprint density at radius 2 is 1.90 bits per heavy atom. The zero-order valence-electron chi connectivity index (χ0n) is 16.4. The monoisotopic (exact) mass is 404 g/mol. The molecule has 29 heavy (non-hydrogen) atoms. The number of fused-ring (bicyclic) bond motifs is 1. The molecule has 0 fully saturated rings. The van der Waals surface area contributed by atoms with Crippen molar-refractivity contribution in [3.05, 3.63) is 86.3 Å². The molecule has 0 saturated carbocycles. The molecule has 0 radical (unpaired) electrons. The Kier molecular flexibility index (Phi) is 4.80. The van der Waals surface area contributed by atoms with Gasteiger partial charge in [-0.25, -0.2) is 9.78 Å². The number of thiophene rings is 1. The van der Waals surface area contributed by atoms with Gasteiger partial charge >= 0.3 is 5.97 Å². The van der Waals surface area contributed by atoms with Crippen molar-refractivity contribution >= 4 is 27.5 Å². The van der Waals surface area contributed by atoms with E-state index in [1.54, 1.807) is 16.7 Å². The van der Waals surface area contributed by atoms with E-state index in [2.05, 4.69) is 31.0 Å². The number of hydrogen-bond donors (Lipinski definition) is 1. The maximum Gasteiger partial charge on any atom is 0.335 e. The molecule has 146 valence electrons. The Bertz CT molecular complexity index is 1320. The molecule has 5 nitrogen and oxygen atoms in total. The molecule has 0 aliphatic carbocycles. The number of carboxylic acids is 1. The van der Waals surface area contributed by atoms with Gasteiger partial charge < -0.3 is 5.11 Å². The van der Waals surface area contributed by atoms with Crippen LogP contribution in [0.25, 0.3) is 21.3 Å². The van der Waals surface area contributed by atoms with E-state index >= 15 is 0 Å². The minimum atomic E-state index is -0.988. The van der Waals surface area contributed by atoms with Crippen LogP contribution in [-0.4, -0.2) is 20.6 Å². The third-order valence-electron chi connectivity index (χ3n) is 5.18. The normalized spacial score (nSPS) is 11.1. The van der Waals surface area contributed by atoms with Crippen LogP contribution in [0.1, 0.15) is 31.9 Å². The largest absolute Gasteiger partial charge is 0.478 e. The van der Waals surface area contributed by atoms with E-state index in [0.29, 0.717) is 5.39 Å². The Morgan fingerprint density at radius 1 is 1.10 bits per heavy atom. The molecule has 2 aromatic carbocycles. The van der Waals surface area contributed by atoms with Gasteiger partial charge in [0.2, 0.25) is 0 Å². The van der Waals surface area contributed by atoms with E-state index in [1.165, 1.54) is 34.9 Å². The Hall–Kier alpha value is -3.25. The Labute approximate surface area is 171 Å². The van der Waals surface area contributed by atoms with Gasteiger partial charge in [0.15, 0.2) is 0 Å². The van der Waals surface area contributed by atoms with Crippen molar-refractivity contribution in [2.24, 2.45) is 0 Å². The van der Waals surface area contributed by atoms with Crippen LogP contribution in [0.2, 0.25) is 0 Å². The Balaban J connectivity index is 1.85. The molecule has 6 heteroatoms. The molecule has 0 amide bonds. The molecule has 2 heterocycles. The summed E-state index contributed by atoms with van der Waals surface area (Å²) >= 11 is 1.52. The first-order chi connectivity index (χ1) is 13.8. The fourth-order valence-corrected chi connectivity index (χ4v) is 4.50. The summed E-state index contributed by atoms with van der Waals surface area (Å²) < 4.78 is 1.54. The lowest BCUT2D eigenvalue weighted by molar-refractivity contribution is 0.0696. The second-order valence-electron chi connectivity index (χ2n) is 7.20. The van der Waals surface area contributed by atoms with Crippen molar-refractivity contribution in [2.45, 2.75) is 27.3 Å². The molecule has 0 spiro atoms. The lowest BCUT2D eigenvalue weighted by Crippen LogP contribution is -2.21. The van der Waals surface area contributed by atoms with Crippen LogP contribution in [0.15, 0.2) is 53.6 Å². The highest BCUT2D eigenvalue weighted by atomic mass is 32.1. The van der Waals surface area contributed by atoms with E-state index < -0.39 is 5.97 Å². The zero-order chi connectivity index (χ0) is 20.7. The van der Waals surface area contributed by atoms with Crippen LogP contribution >= 0.6 is 11.3 Å². The highest BCUT2D eigenvalue weighted by Gasteiger charge is 2.17. The number of nitrogens with zero attached hydrogens (tertiary/aromatic N) is 2. The van der Waals surface area contributed by atoms with Crippen LogP contribution in [0.3, 0.4) is 0 Å². The van der Waals surface area contributed by atoms with E-state index in [9.17, 15) is 14.7 Å². The molecule has 0 atom stereocenters. The number of aromatic carboxylic acids is 1. The zero-order valence-corrected chi connectivity index (χ0v) is 17.2. The van der Waals surface area contributed by atoms with Crippen molar-refractivity contribution in [1.29, 1.82) is 0 Å². The number of aromatic nitrogens is 2. The standard InChI is InChI=1S/C23H20N2O3S/c1-13-7-8-17(9-14(13)2)19-15(3)29-21-20(19)22(26)25(12-24-21)11-16-5-4-6-18(10-16)23(27)28/h4-10,12H,11H2,1-3H3,(H,27,28). The van der Waals surface area contributed by atoms with Gasteiger partial charge in [0.1, 0.15) is 4.83 Å². The third-order valence-corrected chi connectivity index (χ3v) is 6.19. The van der Waals surface area contributed by atoms with E-state index in [-0.39, 0.29) is 17.7 Å². The summed E-state index contributed by atoms with van der Waals surface area (Å²) in [4.78, 5) is 30.8. The van der Waals surface area contributed by atoms with Crippen LogP contribution in [0.5, 0.6) is 0 Å². The fourth-order valence-electron chi connectivity index (χ4n) is 3.49. The van der Waals surface area contributed by atoms with Crippen LogP contribution in [0.4, 0.5) is 0 Å². The third kappa shape index (κ3) is 3.47. The number of aryl methyl sites for hydroxylation is 3. The number of hydrogen-bond acceptors (Lipinski definition) is 4. The SMILES string of the molecule is Cc1ccc(-c2c(C)sc3ncn(Cc4cccc(C(=O)O)c4)c(=O)c23)cc1C. The lowest BCUT2D eigenvalue weighted by atomic mass is 9.99. The predicted octanol–water partition coefficient (Wildman–Crippen LogP) is 4.80. The minimum absolute atomic E-state index is 0.117. The first kappa shape index (κ1) is 19.1. The summed E-state index contributed by atoms with van der Waals surface area (Å²) in [5.74, 6) is -0.988. The molecule has 4 rings (SSSR count).